The Balaban J connectivity index is 2.68. The van der Waals surface area contributed by atoms with Crippen molar-refractivity contribution in [3.05, 3.63) is 28.2 Å². The predicted octanol–water partition coefficient (Wildman–Crippen LogP) is 3.33. The van der Waals surface area contributed by atoms with Crippen molar-refractivity contribution in [1.82, 2.24) is 4.98 Å². The van der Waals surface area contributed by atoms with E-state index in [2.05, 4.69) is 4.98 Å². The van der Waals surface area contributed by atoms with Gasteiger partial charge in [0.05, 0.1) is 10.2 Å². The molecule has 0 radical (unpaired) electrons. The molecule has 1 heterocycles. The summed E-state index contributed by atoms with van der Waals surface area (Å²) >= 11 is 12.3. The van der Waals surface area contributed by atoms with E-state index in [0.717, 1.165) is 10.2 Å². The minimum absolute atomic E-state index is 0.305. The van der Waals surface area contributed by atoms with Crippen LogP contribution in [-0.4, -0.2) is 10.2 Å². The van der Waals surface area contributed by atoms with E-state index in [0.29, 0.717) is 10.0 Å². The second-order valence-electron chi connectivity index (χ2n) is 2.40. The molecule has 0 unspecified atom stereocenters. The minimum Gasteiger partial charge on any atom is -0.273 e. The maximum absolute atomic E-state index is 10.8. The lowest BCUT2D eigenvalue weighted by atomic mass is 10.3. The SMILES string of the molecule is O=C(Cl)c1nc2ccc(Cl)cc2s1. The molecule has 2 nitrogen and oxygen atoms in total. The van der Waals surface area contributed by atoms with E-state index in [-0.39, 0.29) is 0 Å². The fourth-order valence-corrected chi connectivity index (χ4v) is 2.21. The number of benzene rings is 1. The Bertz CT molecular complexity index is 480. The number of rotatable bonds is 1. The molecule has 1 aromatic carbocycles. The van der Waals surface area contributed by atoms with Crippen LogP contribution < -0.4 is 0 Å². The first-order valence-corrected chi connectivity index (χ1v) is 5.00. The molecule has 0 bridgehead atoms. The summed E-state index contributed by atoms with van der Waals surface area (Å²) in [5, 5.41) is 0.404. The number of carbonyl (C=O) groups is 1. The Morgan fingerprint density at radius 1 is 1.46 bits per heavy atom. The molecular weight excluding hydrogens is 229 g/mol. The molecule has 0 aliphatic carbocycles. The van der Waals surface area contributed by atoms with Gasteiger partial charge in [0.15, 0.2) is 5.01 Å². The summed E-state index contributed by atoms with van der Waals surface area (Å²) in [4.78, 5) is 14.8. The Morgan fingerprint density at radius 2 is 2.23 bits per heavy atom. The second kappa shape index (κ2) is 3.25. The highest BCUT2D eigenvalue weighted by atomic mass is 35.5. The first-order chi connectivity index (χ1) is 6.16. The average Bonchev–Trinajstić information content (AvgIpc) is 2.46. The maximum Gasteiger partial charge on any atom is 0.281 e. The highest BCUT2D eigenvalue weighted by Gasteiger charge is 2.09. The van der Waals surface area contributed by atoms with Crippen LogP contribution in [0.1, 0.15) is 9.80 Å². The largest absolute Gasteiger partial charge is 0.281 e. The van der Waals surface area contributed by atoms with Crippen molar-refractivity contribution < 1.29 is 4.79 Å². The van der Waals surface area contributed by atoms with Crippen molar-refractivity contribution >= 4 is 50.0 Å². The van der Waals surface area contributed by atoms with Crippen molar-refractivity contribution in [2.45, 2.75) is 0 Å². The van der Waals surface area contributed by atoms with Crippen LogP contribution >= 0.6 is 34.5 Å². The molecule has 13 heavy (non-hydrogen) atoms. The standard InChI is InChI=1S/C8H3Cl2NOS/c9-4-1-2-5-6(3-4)13-8(11-5)7(10)12/h1-3H. The molecule has 0 aliphatic rings. The molecule has 0 amide bonds. The van der Waals surface area contributed by atoms with E-state index < -0.39 is 5.24 Å². The zero-order valence-electron chi connectivity index (χ0n) is 6.25. The van der Waals surface area contributed by atoms with E-state index >= 15 is 0 Å². The van der Waals surface area contributed by atoms with Gasteiger partial charge < -0.3 is 0 Å². The van der Waals surface area contributed by atoms with E-state index in [4.69, 9.17) is 23.2 Å². The Hall–Kier alpha value is -0.640. The van der Waals surface area contributed by atoms with Gasteiger partial charge >= 0.3 is 0 Å². The number of nitrogens with zero attached hydrogens (tertiary/aromatic N) is 1. The van der Waals surface area contributed by atoms with Crippen molar-refractivity contribution in [2.75, 3.05) is 0 Å². The third kappa shape index (κ3) is 1.68. The zero-order chi connectivity index (χ0) is 9.42. The van der Waals surface area contributed by atoms with Crippen LogP contribution in [0.25, 0.3) is 10.2 Å². The minimum atomic E-state index is -0.530. The van der Waals surface area contributed by atoms with Crippen LogP contribution in [-0.2, 0) is 0 Å². The van der Waals surface area contributed by atoms with Gasteiger partial charge in [0, 0.05) is 5.02 Å². The molecule has 5 heteroatoms. The maximum atomic E-state index is 10.8. The van der Waals surface area contributed by atoms with Crippen LogP contribution in [0.2, 0.25) is 5.02 Å². The monoisotopic (exact) mass is 231 g/mol. The van der Waals surface area contributed by atoms with Crippen LogP contribution in [0.3, 0.4) is 0 Å². The summed E-state index contributed by atoms with van der Waals surface area (Å²) in [6, 6.07) is 5.25. The fourth-order valence-electron chi connectivity index (χ4n) is 0.983. The highest BCUT2D eigenvalue weighted by Crippen LogP contribution is 2.25. The topological polar surface area (TPSA) is 30.0 Å². The van der Waals surface area contributed by atoms with E-state index in [1.54, 1.807) is 18.2 Å². The summed E-state index contributed by atoms with van der Waals surface area (Å²) in [5.41, 5.74) is 0.749. The highest BCUT2D eigenvalue weighted by molar-refractivity contribution is 7.21. The van der Waals surface area contributed by atoms with Gasteiger partial charge in [-0.25, -0.2) is 4.98 Å². The number of hydrogen-bond acceptors (Lipinski definition) is 3. The van der Waals surface area contributed by atoms with Gasteiger partial charge in [-0.1, -0.05) is 11.6 Å². The molecule has 0 saturated carbocycles. The quantitative estimate of drug-likeness (QED) is 0.706. The zero-order valence-corrected chi connectivity index (χ0v) is 8.58. The number of hydrogen-bond donors (Lipinski definition) is 0. The third-order valence-electron chi connectivity index (χ3n) is 1.52. The number of aromatic nitrogens is 1. The molecule has 1 aromatic heterocycles. The van der Waals surface area contributed by atoms with Crippen LogP contribution in [0.15, 0.2) is 18.2 Å². The van der Waals surface area contributed by atoms with E-state index in [1.807, 2.05) is 0 Å². The van der Waals surface area contributed by atoms with Crippen molar-refractivity contribution in [2.24, 2.45) is 0 Å². The predicted molar refractivity (Wildman–Crippen MR) is 54.8 cm³/mol. The smallest absolute Gasteiger partial charge is 0.273 e. The lowest BCUT2D eigenvalue weighted by molar-refractivity contribution is 0.108. The molecule has 0 atom stereocenters. The number of fused-ring (bicyclic) bond motifs is 1. The van der Waals surface area contributed by atoms with Gasteiger partial charge in [-0.3, -0.25) is 4.79 Å². The molecule has 0 saturated heterocycles. The molecular formula is C8H3Cl2NOS. The van der Waals surface area contributed by atoms with Gasteiger partial charge in [-0.2, -0.15) is 0 Å². The molecule has 0 N–H and O–H groups in total. The molecule has 0 spiro atoms. The molecule has 66 valence electrons. The third-order valence-corrected chi connectivity index (χ3v) is 3.06. The van der Waals surface area contributed by atoms with Crippen molar-refractivity contribution in [3.8, 4) is 0 Å². The van der Waals surface area contributed by atoms with Gasteiger partial charge in [0.2, 0.25) is 0 Å². The number of carbonyl (C=O) groups excluding carboxylic acids is 1. The van der Waals surface area contributed by atoms with Crippen LogP contribution in [0.5, 0.6) is 0 Å². The Labute approximate surface area is 88.1 Å². The summed E-state index contributed by atoms with van der Waals surface area (Å²) < 4.78 is 0.872. The molecule has 0 fully saturated rings. The fraction of sp³-hybridized carbons (Fsp3) is 0. The molecule has 2 aromatic rings. The summed E-state index contributed by atoms with van der Waals surface area (Å²) in [6.07, 6.45) is 0. The summed E-state index contributed by atoms with van der Waals surface area (Å²) in [7, 11) is 0. The normalized spacial score (nSPS) is 10.6. The first-order valence-electron chi connectivity index (χ1n) is 3.43. The van der Waals surface area contributed by atoms with Crippen LogP contribution in [0, 0.1) is 0 Å². The average molecular weight is 232 g/mol. The van der Waals surface area contributed by atoms with Gasteiger partial charge in [-0.15, -0.1) is 11.3 Å². The van der Waals surface area contributed by atoms with Gasteiger partial charge in [0.25, 0.3) is 5.24 Å². The van der Waals surface area contributed by atoms with Gasteiger partial charge in [0.1, 0.15) is 0 Å². The molecule has 0 aliphatic heterocycles. The van der Waals surface area contributed by atoms with E-state index in [1.165, 1.54) is 11.3 Å². The second-order valence-corrected chi connectivity index (χ2v) is 4.22. The van der Waals surface area contributed by atoms with Gasteiger partial charge in [-0.05, 0) is 29.8 Å². The van der Waals surface area contributed by atoms with Crippen molar-refractivity contribution in [3.63, 3.8) is 0 Å². The Morgan fingerprint density at radius 3 is 2.92 bits per heavy atom. The first kappa shape index (κ1) is 8.94. The van der Waals surface area contributed by atoms with E-state index in [9.17, 15) is 4.79 Å². The summed E-state index contributed by atoms with van der Waals surface area (Å²) in [6.45, 7) is 0. The molecule has 2 rings (SSSR count). The lowest BCUT2D eigenvalue weighted by Gasteiger charge is -1.86. The number of halogens is 2. The summed E-state index contributed by atoms with van der Waals surface area (Å²) in [5.74, 6) is 0. The number of thiazole rings is 1. The van der Waals surface area contributed by atoms with Crippen molar-refractivity contribution in [1.29, 1.82) is 0 Å². The Kier molecular flexibility index (Phi) is 2.24. The lowest BCUT2D eigenvalue weighted by Crippen LogP contribution is -1.84. The van der Waals surface area contributed by atoms with Crippen LogP contribution in [0.4, 0.5) is 0 Å².